The summed E-state index contributed by atoms with van der Waals surface area (Å²) in [5.74, 6) is 0. The van der Waals surface area contributed by atoms with Gasteiger partial charge in [-0.1, -0.05) is 6.92 Å². The van der Waals surface area contributed by atoms with Crippen LogP contribution < -0.4 is 10.5 Å². The lowest BCUT2D eigenvalue weighted by Crippen LogP contribution is -2.47. The van der Waals surface area contributed by atoms with Crippen LogP contribution in [-0.4, -0.2) is 52.2 Å². The molecule has 1 unspecified atom stereocenters. The van der Waals surface area contributed by atoms with Crippen molar-refractivity contribution in [2.24, 2.45) is 5.73 Å². The number of nitrogens with two attached hydrogens (primary N) is 1. The van der Waals surface area contributed by atoms with Crippen LogP contribution in [0.2, 0.25) is 0 Å². The Morgan fingerprint density at radius 3 is 3.00 bits per heavy atom. The summed E-state index contributed by atoms with van der Waals surface area (Å²) in [6, 6.07) is 3.34. The van der Waals surface area contributed by atoms with E-state index in [9.17, 15) is 8.42 Å². The van der Waals surface area contributed by atoms with E-state index in [-0.39, 0.29) is 6.10 Å². The van der Waals surface area contributed by atoms with Crippen LogP contribution in [-0.2, 0) is 21.3 Å². The van der Waals surface area contributed by atoms with E-state index in [4.69, 9.17) is 10.5 Å². The Morgan fingerprint density at radius 2 is 2.35 bits per heavy atom. The Morgan fingerprint density at radius 1 is 1.55 bits per heavy atom. The lowest BCUT2D eigenvalue weighted by molar-refractivity contribution is -0.0229. The summed E-state index contributed by atoms with van der Waals surface area (Å²) in [4.78, 5) is 3.11. The molecule has 1 fully saturated rings. The van der Waals surface area contributed by atoms with Gasteiger partial charge in [0.15, 0.2) is 0 Å². The third-order valence-electron chi connectivity index (χ3n) is 3.27. The molecule has 0 saturated carbocycles. The molecule has 2 rings (SSSR count). The van der Waals surface area contributed by atoms with Crippen molar-refractivity contribution in [3.05, 3.63) is 17.0 Å². The van der Waals surface area contributed by atoms with Crippen LogP contribution in [0.4, 0.5) is 0 Å². The highest BCUT2D eigenvalue weighted by atomic mass is 32.2. The Labute approximate surface area is 124 Å². The first-order valence-electron chi connectivity index (χ1n) is 6.67. The maximum atomic E-state index is 12.1. The van der Waals surface area contributed by atoms with Gasteiger partial charge in [-0.05, 0) is 18.7 Å². The van der Waals surface area contributed by atoms with Crippen molar-refractivity contribution < 1.29 is 13.2 Å². The van der Waals surface area contributed by atoms with Crippen molar-refractivity contribution in [3.8, 4) is 0 Å². The molecule has 2 heterocycles. The smallest absolute Gasteiger partial charge is 0.250 e. The third kappa shape index (κ3) is 4.00. The molecule has 0 radical (unpaired) electrons. The summed E-state index contributed by atoms with van der Waals surface area (Å²) in [5, 5.41) is 0. The molecule has 1 aromatic rings. The lowest BCUT2D eigenvalue weighted by Gasteiger charge is -2.32. The van der Waals surface area contributed by atoms with E-state index in [1.54, 1.807) is 12.1 Å². The molecule has 0 aliphatic carbocycles. The normalized spacial score (nSPS) is 21.2. The van der Waals surface area contributed by atoms with Gasteiger partial charge in [-0.15, -0.1) is 11.3 Å². The second-order valence-corrected chi connectivity index (χ2v) is 7.82. The predicted molar refractivity (Wildman–Crippen MR) is 79.3 cm³/mol. The average molecular weight is 319 g/mol. The van der Waals surface area contributed by atoms with Crippen molar-refractivity contribution in [1.29, 1.82) is 0 Å². The van der Waals surface area contributed by atoms with E-state index < -0.39 is 10.0 Å². The molecule has 8 heteroatoms. The summed E-state index contributed by atoms with van der Waals surface area (Å²) in [7, 11) is -3.46. The van der Waals surface area contributed by atoms with E-state index >= 15 is 0 Å². The fourth-order valence-corrected chi connectivity index (χ4v) is 4.42. The highest BCUT2D eigenvalue weighted by Gasteiger charge is 2.23. The number of morpholine rings is 1. The van der Waals surface area contributed by atoms with Gasteiger partial charge in [-0.2, -0.15) is 0 Å². The fraction of sp³-hybridized carbons (Fsp3) is 0.667. The van der Waals surface area contributed by atoms with Gasteiger partial charge in [0.2, 0.25) is 10.0 Å². The highest BCUT2D eigenvalue weighted by molar-refractivity contribution is 7.91. The van der Waals surface area contributed by atoms with Gasteiger partial charge in [0, 0.05) is 31.1 Å². The van der Waals surface area contributed by atoms with Gasteiger partial charge in [-0.25, -0.2) is 13.1 Å². The minimum atomic E-state index is -3.46. The fourth-order valence-electron chi connectivity index (χ4n) is 2.08. The van der Waals surface area contributed by atoms with Gasteiger partial charge < -0.3 is 10.5 Å². The summed E-state index contributed by atoms with van der Waals surface area (Å²) < 4.78 is 32.8. The van der Waals surface area contributed by atoms with Crippen molar-refractivity contribution in [3.63, 3.8) is 0 Å². The second-order valence-electron chi connectivity index (χ2n) is 4.66. The number of hydrogen-bond donors (Lipinski definition) is 2. The summed E-state index contributed by atoms with van der Waals surface area (Å²) in [5.41, 5.74) is 5.50. The molecule has 1 saturated heterocycles. The third-order valence-corrected chi connectivity index (χ3v) is 6.30. The van der Waals surface area contributed by atoms with E-state index in [1.807, 2.05) is 0 Å². The maximum absolute atomic E-state index is 12.1. The summed E-state index contributed by atoms with van der Waals surface area (Å²) >= 11 is 1.20. The lowest BCUT2D eigenvalue weighted by atomic mass is 10.3. The topological polar surface area (TPSA) is 84.7 Å². The monoisotopic (exact) mass is 319 g/mol. The van der Waals surface area contributed by atoms with Crippen LogP contribution in [0, 0.1) is 0 Å². The molecule has 114 valence electrons. The molecule has 0 aromatic carbocycles. The Kier molecular flexibility index (Phi) is 5.53. The molecular formula is C12H21N3O3S2. The van der Waals surface area contributed by atoms with Crippen LogP contribution in [0.1, 0.15) is 11.8 Å². The van der Waals surface area contributed by atoms with Gasteiger partial charge in [0.25, 0.3) is 0 Å². The average Bonchev–Trinajstić information content (AvgIpc) is 2.95. The van der Waals surface area contributed by atoms with Crippen molar-refractivity contribution in [2.75, 3.05) is 32.8 Å². The highest BCUT2D eigenvalue weighted by Crippen LogP contribution is 2.21. The number of likely N-dealkylation sites (N-methyl/N-ethyl adjacent to an activating group) is 1. The van der Waals surface area contributed by atoms with Crippen LogP contribution >= 0.6 is 11.3 Å². The molecule has 0 amide bonds. The van der Waals surface area contributed by atoms with Gasteiger partial charge >= 0.3 is 0 Å². The molecule has 6 nitrogen and oxygen atoms in total. The van der Waals surface area contributed by atoms with Crippen LogP contribution in [0.5, 0.6) is 0 Å². The zero-order valence-electron chi connectivity index (χ0n) is 11.5. The second kappa shape index (κ2) is 6.97. The number of sulfonamides is 1. The van der Waals surface area contributed by atoms with Crippen LogP contribution in [0.25, 0.3) is 0 Å². The van der Waals surface area contributed by atoms with E-state index in [1.165, 1.54) is 11.3 Å². The first-order chi connectivity index (χ1) is 9.55. The zero-order chi connectivity index (χ0) is 14.6. The van der Waals surface area contributed by atoms with Crippen molar-refractivity contribution in [2.45, 2.75) is 23.8 Å². The number of nitrogens with one attached hydrogen (secondary N) is 1. The molecule has 3 N–H and O–H groups in total. The van der Waals surface area contributed by atoms with E-state index in [0.29, 0.717) is 23.9 Å². The van der Waals surface area contributed by atoms with E-state index in [2.05, 4.69) is 16.5 Å². The molecule has 20 heavy (non-hydrogen) atoms. The first-order valence-corrected chi connectivity index (χ1v) is 8.97. The number of nitrogens with zero attached hydrogens (tertiary/aromatic N) is 1. The first kappa shape index (κ1) is 15.9. The Hall–Kier alpha value is -0.510. The zero-order valence-corrected chi connectivity index (χ0v) is 13.2. The Balaban J connectivity index is 1.92. The molecule has 0 spiro atoms. The van der Waals surface area contributed by atoms with Crippen molar-refractivity contribution >= 4 is 21.4 Å². The van der Waals surface area contributed by atoms with Crippen molar-refractivity contribution in [1.82, 2.24) is 9.62 Å². The van der Waals surface area contributed by atoms with Gasteiger partial charge in [0.1, 0.15) is 4.21 Å². The SMILES string of the molecule is CCN1CCOC(CNS(=O)(=O)c2ccc(CN)s2)C1. The minimum absolute atomic E-state index is 0.0904. The van der Waals surface area contributed by atoms with Crippen LogP contribution in [0.3, 0.4) is 0 Å². The standard InChI is InChI=1S/C12H21N3O3S2/c1-2-15-5-6-18-10(9-15)8-14-20(16,17)12-4-3-11(7-13)19-12/h3-4,10,14H,2,5-9,13H2,1H3. The summed E-state index contributed by atoms with van der Waals surface area (Å²) in [6.45, 7) is 6.02. The maximum Gasteiger partial charge on any atom is 0.250 e. The van der Waals surface area contributed by atoms with Gasteiger partial charge in [-0.3, -0.25) is 4.90 Å². The number of hydrogen-bond acceptors (Lipinski definition) is 6. The quantitative estimate of drug-likeness (QED) is 0.783. The minimum Gasteiger partial charge on any atom is -0.374 e. The Bertz CT molecular complexity index is 530. The molecular weight excluding hydrogens is 298 g/mol. The molecule has 1 aromatic heterocycles. The largest absolute Gasteiger partial charge is 0.374 e. The molecule has 1 aliphatic rings. The number of ether oxygens (including phenoxy) is 1. The molecule has 1 aliphatic heterocycles. The molecule has 1 atom stereocenters. The van der Waals surface area contributed by atoms with E-state index in [0.717, 1.165) is 24.5 Å². The number of thiophene rings is 1. The number of rotatable bonds is 6. The van der Waals surface area contributed by atoms with Crippen LogP contribution in [0.15, 0.2) is 16.3 Å². The van der Waals surface area contributed by atoms with Gasteiger partial charge in [0.05, 0.1) is 12.7 Å². The predicted octanol–water partition coefficient (Wildman–Crippen LogP) is 0.206. The molecule has 0 bridgehead atoms. The summed E-state index contributed by atoms with van der Waals surface area (Å²) in [6.07, 6.45) is -0.0904.